The zero-order valence-electron chi connectivity index (χ0n) is 17.0. The van der Waals surface area contributed by atoms with Crippen molar-refractivity contribution < 1.29 is 9.21 Å². The van der Waals surface area contributed by atoms with E-state index in [0.717, 1.165) is 30.2 Å². The van der Waals surface area contributed by atoms with Crippen molar-refractivity contribution in [3.05, 3.63) is 71.2 Å². The van der Waals surface area contributed by atoms with Gasteiger partial charge < -0.3 is 20.4 Å². The number of nitrogens with zero attached hydrogens (tertiary/aromatic N) is 1. The van der Waals surface area contributed by atoms with Gasteiger partial charge in [0.05, 0.1) is 12.8 Å². The van der Waals surface area contributed by atoms with E-state index in [9.17, 15) is 4.79 Å². The fourth-order valence-corrected chi connectivity index (χ4v) is 3.38. The van der Waals surface area contributed by atoms with Gasteiger partial charge in [0, 0.05) is 25.7 Å². The predicted octanol–water partition coefficient (Wildman–Crippen LogP) is 3.77. The van der Waals surface area contributed by atoms with Crippen molar-refractivity contribution in [2.24, 2.45) is 4.99 Å². The standard InChI is InChI=1S/C23H30N4O2/c1-24-23(25-13-12-18-7-3-2-4-8-18)27-16-19-9-5-10-20(15-19)22(28)26-17-21-11-6-14-29-21/h5-7,9-11,14-15H,2-4,8,12-13,16-17H2,1H3,(H,26,28)(H2,24,25,27). The second kappa shape index (κ2) is 11.1. The number of carbonyl (C=O) groups is 1. The molecule has 1 heterocycles. The summed E-state index contributed by atoms with van der Waals surface area (Å²) in [6.07, 6.45) is 10.1. The highest BCUT2D eigenvalue weighted by Gasteiger charge is 2.08. The Labute approximate surface area is 172 Å². The molecule has 0 aliphatic heterocycles. The number of furan rings is 1. The van der Waals surface area contributed by atoms with Crippen molar-refractivity contribution in [3.8, 4) is 0 Å². The summed E-state index contributed by atoms with van der Waals surface area (Å²) < 4.78 is 5.24. The quantitative estimate of drug-likeness (QED) is 0.362. The Bertz CT molecular complexity index is 840. The molecular weight excluding hydrogens is 364 g/mol. The fourth-order valence-electron chi connectivity index (χ4n) is 3.38. The first-order valence-corrected chi connectivity index (χ1v) is 10.3. The van der Waals surface area contributed by atoms with Crippen LogP contribution in [0.3, 0.4) is 0 Å². The summed E-state index contributed by atoms with van der Waals surface area (Å²) >= 11 is 0. The molecule has 1 aromatic heterocycles. The zero-order valence-corrected chi connectivity index (χ0v) is 17.0. The van der Waals surface area contributed by atoms with Gasteiger partial charge in [-0.2, -0.15) is 0 Å². The van der Waals surface area contributed by atoms with Crippen molar-refractivity contribution in [2.75, 3.05) is 13.6 Å². The minimum Gasteiger partial charge on any atom is -0.467 e. The fraction of sp³-hybridized carbons (Fsp3) is 0.391. The average Bonchev–Trinajstić information content (AvgIpc) is 3.29. The first kappa shape index (κ1) is 20.7. The Kier molecular flexibility index (Phi) is 7.92. The predicted molar refractivity (Wildman–Crippen MR) is 116 cm³/mol. The first-order chi connectivity index (χ1) is 14.2. The highest BCUT2D eigenvalue weighted by Crippen LogP contribution is 2.19. The summed E-state index contributed by atoms with van der Waals surface area (Å²) in [5, 5.41) is 9.55. The number of carbonyl (C=O) groups excluding carboxylic acids is 1. The molecule has 0 bridgehead atoms. The third-order valence-electron chi connectivity index (χ3n) is 5.00. The van der Waals surface area contributed by atoms with Gasteiger partial charge in [-0.25, -0.2) is 0 Å². The normalized spacial score (nSPS) is 14.2. The van der Waals surface area contributed by atoms with Gasteiger partial charge in [-0.1, -0.05) is 23.8 Å². The topological polar surface area (TPSA) is 78.7 Å². The Morgan fingerprint density at radius 3 is 2.79 bits per heavy atom. The highest BCUT2D eigenvalue weighted by molar-refractivity contribution is 5.94. The van der Waals surface area contributed by atoms with Gasteiger partial charge >= 0.3 is 0 Å². The number of guanidine groups is 1. The molecule has 0 spiro atoms. The molecule has 1 aliphatic carbocycles. The van der Waals surface area contributed by atoms with Crippen molar-refractivity contribution in [1.82, 2.24) is 16.0 Å². The maximum Gasteiger partial charge on any atom is 0.251 e. The molecule has 1 aliphatic rings. The molecule has 0 saturated heterocycles. The van der Waals surface area contributed by atoms with Crippen LogP contribution in [0.25, 0.3) is 0 Å². The van der Waals surface area contributed by atoms with Gasteiger partial charge in [0.2, 0.25) is 0 Å². The summed E-state index contributed by atoms with van der Waals surface area (Å²) in [7, 11) is 1.77. The summed E-state index contributed by atoms with van der Waals surface area (Å²) in [6.45, 7) is 1.85. The van der Waals surface area contributed by atoms with Crippen molar-refractivity contribution in [1.29, 1.82) is 0 Å². The van der Waals surface area contributed by atoms with Crippen molar-refractivity contribution in [3.63, 3.8) is 0 Å². The van der Waals surface area contributed by atoms with E-state index in [-0.39, 0.29) is 5.91 Å². The third kappa shape index (κ3) is 6.82. The van der Waals surface area contributed by atoms with Crippen LogP contribution in [0.5, 0.6) is 0 Å². The number of hydrogen-bond acceptors (Lipinski definition) is 3. The van der Waals surface area contributed by atoms with E-state index in [1.807, 2.05) is 30.3 Å². The van der Waals surface area contributed by atoms with Gasteiger partial charge in [-0.15, -0.1) is 0 Å². The van der Waals surface area contributed by atoms with Gasteiger partial charge in [-0.3, -0.25) is 9.79 Å². The average molecular weight is 395 g/mol. The van der Waals surface area contributed by atoms with E-state index in [1.54, 1.807) is 25.0 Å². The number of aliphatic imine (C=N–C) groups is 1. The minimum atomic E-state index is -0.119. The van der Waals surface area contributed by atoms with Crippen molar-refractivity contribution >= 4 is 11.9 Å². The number of hydrogen-bond donors (Lipinski definition) is 3. The van der Waals surface area contributed by atoms with Gasteiger partial charge in [0.1, 0.15) is 5.76 Å². The Hall–Kier alpha value is -3.02. The van der Waals surface area contributed by atoms with Crippen LogP contribution in [-0.2, 0) is 13.1 Å². The molecule has 0 unspecified atom stereocenters. The highest BCUT2D eigenvalue weighted by atomic mass is 16.3. The maximum atomic E-state index is 12.4. The summed E-state index contributed by atoms with van der Waals surface area (Å²) in [6, 6.07) is 11.2. The molecule has 6 heteroatoms. The van der Waals surface area contributed by atoms with Crippen LogP contribution in [0.4, 0.5) is 0 Å². The molecule has 154 valence electrons. The Morgan fingerprint density at radius 2 is 2.03 bits per heavy atom. The first-order valence-electron chi connectivity index (χ1n) is 10.3. The van der Waals surface area contributed by atoms with Gasteiger partial charge in [0.15, 0.2) is 5.96 Å². The van der Waals surface area contributed by atoms with E-state index >= 15 is 0 Å². The van der Waals surface area contributed by atoms with Crippen LogP contribution in [-0.4, -0.2) is 25.5 Å². The molecular formula is C23H30N4O2. The lowest BCUT2D eigenvalue weighted by molar-refractivity contribution is 0.0948. The number of rotatable bonds is 8. The van der Waals surface area contributed by atoms with E-state index in [4.69, 9.17) is 4.42 Å². The largest absolute Gasteiger partial charge is 0.467 e. The smallest absolute Gasteiger partial charge is 0.251 e. The zero-order chi connectivity index (χ0) is 20.3. The van der Waals surface area contributed by atoms with Gasteiger partial charge in [0.25, 0.3) is 5.91 Å². The lowest BCUT2D eigenvalue weighted by atomic mass is 9.97. The summed E-state index contributed by atoms with van der Waals surface area (Å²) in [5.41, 5.74) is 3.20. The van der Waals surface area contributed by atoms with Crippen LogP contribution in [0.1, 0.15) is 53.8 Å². The van der Waals surface area contributed by atoms with E-state index < -0.39 is 0 Å². The molecule has 1 amide bonds. The van der Waals surface area contributed by atoms with Crippen LogP contribution < -0.4 is 16.0 Å². The minimum absolute atomic E-state index is 0.119. The number of benzene rings is 1. The molecule has 3 rings (SSSR count). The van der Waals surface area contributed by atoms with Crippen LogP contribution in [0.15, 0.2) is 63.7 Å². The van der Waals surface area contributed by atoms with Crippen LogP contribution >= 0.6 is 0 Å². The molecule has 0 fully saturated rings. The molecule has 0 saturated carbocycles. The molecule has 3 N–H and O–H groups in total. The maximum absolute atomic E-state index is 12.4. The summed E-state index contributed by atoms with van der Waals surface area (Å²) in [5.74, 6) is 1.38. The van der Waals surface area contributed by atoms with Crippen LogP contribution in [0.2, 0.25) is 0 Å². The number of amides is 1. The number of allylic oxidation sites excluding steroid dienone is 1. The molecule has 0 atom stereocenters. The Morgan fingerprint density at radius 1 is 1.10 bits per heavy atom. The van der Waals surface area contributed by atoms with Crippen molar-refractivity contribution in [2.45, 2.75) is 45.2 Å². The Balaban J connectivity index is 1.44. The monoisotopic (exact) mass is 394 g/mol. The molecule has 6 nitrogen and oxygen atoms in total. The second-order valence-electron chi connectivity index (χ2n) is 7.17. The van der Waals surface area contributed by atoms with E-state index in [1.165, 1.54) is 25.7 Å². The second-order valence-corrected chi connectivity index (χ2v) is 7.17. The number of nitrogens with one attached hydrogen (secondary N) is 3. The van der Waals surface area contributed by atoms with E-state index in [0.29, 0.717) is 18.7 Å². The lowest BCUT2D eigenvalue weighted by Gasteiger charge is -2.15. The summed E-state index contributed by atoms with van der Waals surface area (Å²) in [4.78, 5) is 16.6. The molecule has 0 radical (unpaired) electrons. The van der Waals surface area contributed by atoms with Gasteiger partial charge in [-0.05, 0) is 61.9 Å². The SMILES string of the molecule is CN=C(NCCC1=CCCCC1)NCc1cccc(C(=O)NCc2ccco2)c1. The molecule has 29 heavy (non-hydrogen) atoms. The van der Waals surface area contributed by atoms with Crippen LogP contribution in [0, 0.1) is 0 Å². The third-order valence-corrected chi connectivity index (χ3v) is 5.00. The molecule has 1 aromatic carbocycles. The molecule has 2 aromatic rings. The van der Waals surface area contributed by atoms with E-state index in [2.05, 4.69) is 27.0 Å². The lowest BCUT2D eigenvalue weighted by Crippen LogP contribution is -2.37.